The number of ketones is 1. The Hall–Kier alpha value is -3.77. The molecule has 0 bridgehead atoms. The molecule has 4 rings (SSSR count). The van der Waals surface area contributed by atoms with Crippen molar-refractivity contribution in [2.45, 2.75) is 26.3 Å². The number of nitrogens with zero attached hydrogens (tertiary/aromatic N) is 1. The number of Topliss-reactive ketones (excluding diaryl/α,β-unsaturated/α-hetero) is 1. The predicted molar refractivity (Wildman–Crippen MR) is 131 cm³/mol. The highest BCUT2D eigenvalue weighted by atomic mass is 35.5. The summed E-state index contributed by atoms with van der Waals surface area (Å²) in [5.41, 5.74) is 2.10. The van der Waals surface area contributed by atoms with E-state index in [2.05, 4.69) is 0 Å². The zero-order chi connectivity index (χ0) is 24.4. The number of rotatable bonds is 6. The number of aryl methyl sites for hydroxylation is 1. The van der Waals surface area contributed by atoms with Gasteiger partial charge in [0.05, 0.1) is 23.2 Å². The van der Waals surface area contributed by atoms with E-state index in [1.807, 2.05) is 13.8 Å². The number of halogens is 1. The van der Waals surface area contributed by atoms with Gasteiger partial charge in [0.25, 0.3) is 11.7 Å². The van der Waals surface area contributed by atoms with Crippen molar-refractivity contribution in [3.05, 3.63) is 94.0 Å². The molecule has 6 nitrogen and oxygen atoms in total. The second kappa shape index (κ2) is 9.61. The lowest BCUT2D eigenvalue weighted by Crippen LogP contribution is -2.29. The molecule has 1 unspecified atom stereocenters. The molecule has 7 heteroatoms. The highest BCUT2D eigenvalue weighted by Gasteiger charge is 2.47. The van der Waals surface area contributed by atoms with Crippen molar-refractivity contribution in [1.82, 2.24) is 0 Å². The third kappa shape index (κ3) is 4.24. The maximum absolute atomic E-state index is 13.2. The SMILES string of the molecule is CCCOc1ccc(/C(O)=C2/C(=O)C(=O)N(c3ccccc3)C2c2ccc(O)c(Cl)c2)cc1C. The highest BCUT2D eigenvalue weighted by molar-refractivity contribution is 6.51. The van der Waals surface area contributed by atoms with Gasteiger partial charge in [0.15, 0.2) is 0 Å². The van der Waals surface area contributed by atoms with Crippen LogP contribution in [0.5, 0.6) is 11.5 Å². The molecule has 1 fully saturated rings. The van der Waals surface area contributed by atoms with Gasteiger partial charge in [-0.1, -0.05) is 42.8 Å². The van der Waals surface area contributed by atoms with Crippen LogP contribution in [0.4, 0.5) is 5.69 Å². The van der Waals surface area contributed by atoms with Crippen LogP contribution < -0.4 is 9.64 Å². The van der Waals surface area contributed by atoms with Crippen LogP contribution in [0.1, 0.15) is 36.1 Å². The van der Waals surface area contributed by atoms with E-state index >= 15 is 0 Å². The summed E-state index contributed by atoms with van der Waals surface area (Å²) in [6.07, 6.45) is 0.860. The molecule has 0 aromatic heterocycles. The Bertz CT molecular complexity index is 1290. The van der Waals surface area contributed by atoms with Gasteiger partial charge in [0.1, 0.15) is 17.3 Å². The van der Waals surface area contributed by atoms with Crippen LogP contribution in [0.25, 0.3) is 5.76 Å². The molecule has 1 aliphatic rings. The van der Waals surface area contributed by atoms with Gasteiger partial charge in [-0.15, -0.1) is 0 Å². The number of hydrogen-bond donors (Lipinski definition) is 2. The van der Waals surface area contributed by atoms with Gasteiger partial charge in [0, 0.05) is 11.3 Å². The Labute approximate surface area is 202 Å². The number of phenolic OH excluding ortho intramolecular Hbond substituents is 1. The first-order chi connectivity index (χ1) is 16.3. The number of carbonyl (C=O) groups excluding carboxylic acids is 2. The molecule has 0 spiro atoms. The maximum atomic E-state index is 13.2. The standard InChI is InChI=1S/C27H24ClNO5/c1-3-13-34-22-12-10-18(14-16(22)2)25(31)23-24(17-9-11-21(30)20(28)15-17)29(27(33)26(23)32)19-7-5-4-6-8-19/h4-12,14-15,24,30-31H,3,13H2,1-2H3/b25-23-. The third-order valence-corrected chi connectivity index (χ3v) is 5.98. The molecule has 1 atom stereocenters. The van der Waals surface area contributed by atoms with Crippen LogP contribution in [-0.4, -0.2) is 28.5 Å². The highest BCUT2D eigenvalue weighted by Crippen LogP contribution is 2.43. The Kier molecular flexibility index (Phi) is 6.61. The van der Waals surface area contributed by atoms with Gasteiger partial charge in [-0.05, 0) is 66.9 Å². The summed E-state index contributed by atoms with van der Waals surface area (Å²) in [5, 5.41) is 21.2. The van der Waals surface area contributed by atoms with Crippen molar-refractivity contribution < 1.29 is 24.5 Å². The Morgan fingerprint density at radius 3 is 2.44 bits per heavy atom. The van der Waals surface area contributed by atoms with Gasteiger partial charge in [-0.25, -0.2) is 0 Å². The van der Waals surface area contributed by atoms with Crippen molar-refractivity contribution >= 4 is 34.7 Å². The molecule has 0 radical (unpaired) electrons. The van der Waals surface area contributed by atoms with Crippen LogP contribution in [-0.2, 0) is 9.59 Å². The normalized spacial score (nSPS) is 17.3. The van der Waals surface area contributed by atoms with Gasteiger partial charge in [-0.2, -0.15) is 0 Å². The van der Waals surface area contributed by atoms with Crippen LogP contribution in [0, 0.1) is 6.92 Å². The second-order valence-electron chi connectivity index (χ2n) is 8.04. The number of anilines is 1. The molecule has 1 heterocycles. The van der Waals surface area contributed by atoms with Crippen LogP contribution >= 0.6 is 11.6 Å². The summed E-state index contributed by atoms with van der Waals surface area (Å²) in [6.45, 7) is 4.43. The molecule has 1 aliphatic heterocycles. The van der Waals surface area contributed by atoms with E-state index in [1.54, 1.807) is 54.6 Å². The second-order valence-corrected chi connectivity index (χ2v) is 8.45. The summed E-state index contributed by atoms with van der Waals surface area (Å²) in [6, 6.07) is 17.4. The first-order valence-corrected chi connectivity index (χ1v) is 11.3. The van der Waals surface area contributed by atoms with Crippen molar-refractivity contribution in [3.8, 4) is 11.5 Å². The molecule has 1 amide bonds. The van der Waals surface area contributed by atoms with Crippen molar-refractivity contribution in [2.75, 3.05) is 11.5 Å². The number of aliphatic hydroxyl groups is 1. The zero-order valence-corrected chi connectivity index (χ0v) is 19.5. The fourth-order valence-electron chi connectivity index (χ4n) is 4.02. The van der Waals surface area contributed by atoms with E-state index in [4.69, 9.17) is 16.3 Å². The van der Waals surface area contributed by atoms with Gasteiger partial charge >= 0.3 is 0 Å². The number of aliphatic hydroxyl groups excluding tert-OH is 1. The van der Waals surface area contributed by atoms with Gasteiger partial charge < -0.3 is 14.9 Å². The summed E-state index contributed by atoms with van der Waals surface area (Å²) < 4.78 is 5.71. The van der Waals surface area contributed by atoms with E-state index in [1.165, 1.54) is 17.0 Å². The molecule has 34 heavy (non-hydrogen) atoms. The van der Waals surface area contributed by atoms with Crippen LogP contribution in [0.15, 0.2) is 72.3 Å². The van der Waals surface area contributed by atoms with E-state index in [0.29, 0.717) is 29.2 Å². The lowest BCUT2D eigenvalue weighted by Gasteiger charge is -2.25. The minimum atomic E-state index is -0.933. The Morgan fingerprint density at radius 1 is 1.06 bits per heavy atom. The number of aromatic hydroxyl groups is 1. The topological polar surface area (TPSA) is 87.1 Å². The quantitative estimate of drug-likeness (QED) is 0.267. The molecule has 0 aliphatic carbocycles. The fraction of sp³-hybridized carbons (Fsp3) is 0.185. The largest absolute Gasteiger partial charge is 0.507 e. The van der Waals surface area contributed by atoms with E-state index in [0.717, 1.165) is 12.0 Å². The number of amides is 1. The average molecular weight is 478 g/mol. The van der Waals surface area contributed by atoms with Crippen molar-refractivity contribution in [2.24, 2.45) is 0 Å². The first kappa shape index (κ1) is 23.4. The van der Waals surface area contributed by atoms with Crippen molar-refractivity contribution in [1.29, 1.82) is 0 Å². The number of benzene rings is 3. The smallest absolute Gasteiger partial charge is 0.300 e. The predicted octanol–water partition coefficient (Wildman–Crippen LogP) is 5.77. The molecular weight excluding hydrogens is 454 g/mol. The Morgan fingerprint density at radius 2 is 1.79 bits per heavy atom. The number of carbonyl (C=O) groups is 2. The first-order valence-electron chi connectivity index (χ1n) is 10.9. The Balaban J connectivity index is 1.89. The molecule has 2 N–H and O–H groups in total. The van der Waals surface area contributed by atoms with Crippen LogP contribution in [0.2, 0.25) is 5.02 Å². The third-order valence-electron chi connectivity index (χ3n) is 5.68. The van der Waals surface area contributed by atoms with E-state index in [9.17, 15) is 19.8 Å². The lowest BCUT2D eigenvalue weighted by atomic mass is 9.94. The van der Waals surface area contributed by atoms with Crippen LogP contribution in [0.3, 0.4) is 0 Å². The minimum Gasteiger partial charge on any atom is -0.507 e. The summed E-state index contributed by atoms with van der Waals surface area (Å²) >= 11 is 6.15. The van der Waals surface area contributed by atoms with E-state index < -0.39 is 17.7 Å². The monoisotopic (exact) mass is 477 g/mol. The van der Waals surface area contributed by atoms with Gasteiger partial charge in [-0.3, -0.25) is 14.5 Å². The molecule has 3 aromatic rings. The number of phenols is 1. The van der Waals surface area contributed by atoms with Crippen molar-refractivity contribution in [3.63, 3.8) is 0 Å². The average Bonchev–Trinajstić information content (AvgIpc) is 3.10. The number of ether oxygens (including phenoxy) is 1. The number of hydrogen-bond acceptors (Lipinski definition) is 5. The molecule has 1 saturated heterocycles. The lowest BCUT2D eigenvalue weighted by molar-refractivity contribution is -0.132. The maximum Gasteiger partial charge on any atom is 0.300 e. The zero-order valence-electron chi connectivity index (χ0n) is 18.8. The van der Waals surface area contributed by atoms with Gasteiger partial charge in [0.2, 0.25) is 0 Å². The fourth-order valence-corrected chi connectivity index (χ4v) is 4.21. The molecule has 3 aromatic carbocycles. The summed E-state index contributed by atoms with van der Waals surface area (Å²) in [4.78, 5) is 27.7. The molecular formula is C27H24ClNO5. The molecule has 0 saturated carbocycles. The minimum absolute atomic E-state index is 0.0581. The molecule has 174 valence electrons. The summed E-state index contributed by atoms with van der Waals surface area (Å²) in [5.74, 6) is -1.30. The summed E-state index contributed by atoms with van der Waals surface area (Å²) in [7, 11) is 0. The number of para-hydroxylation sites is 1. The van der Waals surface area contributed by atoms with E-state index in [-0.39, 0.29) is 22.1 Å².